The Labute approximate surface area is 151 Å². The molecule has 25 heavy (non-hydrogen) atoms. The first-order valence-electron chi connectivity index (χ1n) is 9.11. The molecule has 2 nitrogen and oxygen atoms in total. The Morgan fingerprint density at radius 2 is 1.48 bits per heavy atom. The highest BCUT2D eigenvalue weighted by Crippen LogP contribution is 2.33. The summed E-state index contributed by atoms with van der Waals surface area (Å²) in [7, 11) is 4.01. The lowest BCUT2D eigenvalue weighted by atomic mass is 9.91. The van der Waals surface area contributed by atoms with Gasteiger partial charge in [0.1, 0.15) is 0 Å². The first-order valence-corrected chi connectivity index (χ1v) is 9.11. The second kappa shape index (κ2) is 6.78. The van der Waals surface area contributed by atoms with Gasteiger partial charge in [0.2, 0.25) is 0 Å². The highest BCUT2D eigenvalue weighted by atomic mass is 16.3. The van der Waals surface area contributed by atoms with Crippen LogP contribution in [0.4, 0.5) is 0 Å². The van der Waals surface area contributed by atoms with Gasteiger partial charge in [-0.1, -0.05) is 50.2 Å². The van der Waals surface area contributed by atoms with Gasteiger partial charge in [0.15, 0.2) is 0 Å². The van der Waals surface area contributed by atoms with Crippen LogP contribution in [0.5, 0.6) is 0 Å². The molecular weight excluding hydrogens is 306 g/mol. The molecule has 0 bridgehead atoms. The third kappa shape index (κ3) is 3.29. The molecule has 0 saturated carbocycles. The van der Waals surface area contributed by atoms with Crippen molar-refractivity contribution in [2.24, 2.45) is 0 Å². The lowest BCUT2D eigenvalue weighted by molar-refractivity contribution is 0.0859. The average molecular weight is 335 g/mol. The van der Waals surface area contributed by atoms with Crippen LogP contribution in [0.25, 0.3) is 21.5 Å². The van der Waals surface area contributed by atoms with E-state index in [1.54, 1.807) is 0 Å². The SMILES string of the molecule is Cc1cc(C(O)C(C)N(C)C)cc2c1ccc1cc(C(C)C)ccc12. The molecule has 0 aliphatic heterocycles. The number of hydrogen-bond acceptors (Lipinski definition) is 2. The van der Waals surface area contributed by atoms with E-state index in [1.807, 2.05) is 14.1 Å². The zero-order valence-electron chi connectivity index (χ0n) is 16.2. The zero-order chi connectivity index (χ0) is 18.3. The van der Waals surface area contributed by atoms with Crippen LogP contribution in [-0.4, -0.2) is 30.1 Å². The van der Waals surface area contributed by atoms with E-state index in [4.69, 9.17) is 0 Å². The lowest BCUT2D eigenvalue weighted by Gasteiger charge is -2.26. The van der Waals surface area contributed by atoms with Crippen molar-refractivity contribution in [2.75, 3.05) is 14.1 Å². The molecule has 0 heterocycles. The van der Waals surface area contributed by atoms with Crippen LogP contribution < -0.4 is 0 Å². The van der Waals surface area contributed by atoms with Crippen molar-refractivity contribution in [3.63, 3.8) is 0 Å². The van der Waals surface area contributed by atoms with Crippen molar-refractivity contribution in [3.05, 3.63) is 59.2 Å². The number of aliphatic hydroxyl groups excluding tert-OH is 1. The van der Waals surface area contributed by atoms with Crippen LogP contribution in [0, 0.1) is 6.92 Å². The van der Waals surface area contributed by atoms with E-state index in [0.29, 0.717) is 5.92 Å². The van der Waals surface area contributed by atoms with Crippen LogP contribution in [-0.2, 0) is 0 Å². The van der Waals surface area contributed by atoms with E-state index in [2.05, 4.69) is 75.1 Å². The maximum atomic E-state index is 10.8. The van der Waals surface area contributed by atoms with Crippen LogP contribution in [0.3, 0.4) is 0 Å². The molecule has 3 aromatic rings. The van der Waals surface area contributed by atoms with E-state index < -0.39 is 6.10 Å². The standard InChI is InChI=1S/C23H29NO/c1-14(2)17-7-10-21-18(12-17)8-9-20-15(3)11-19(13-22(20)21)23(25)16(4)24(5)6/h7-14,16,23,25H,1-6H3. The molecule has 0 amide bonds. The van der Waals surface area contributed by atoms with Crippen molar-refractivity contribution >= 4 is 21.5 Å². The van der Waals surface area contributed by atoms with E-state index in [9.17, 15) is 5.11 Å². The zero-order valence-corrected chi connectivity index (χ0v) is 16.2. The quantitative estimate of drug-likeness (QED) is 0.645. The topological polar surface area (TPSA) is 23.5 Å². The van der Waals surface area contributed by atoms with E-state index in [-0.39, 0.29) is 6.04 Å². The number of fused-ring (bicyclic) bond motifs is 3. The minimum atomic E-state index is -0.497. The number of hydrogen-bond donors (Lipinski definition) is 1. The van der Waals surface area contributed by atoms with Crippen LogP contribution in [0.15, 0.2) is 42.5 Å². The summed E-state index contributed by atoms with van der Waals surface area (Å²) in [6, 6.07) is 15.6. The van der Waals surface area contributed by atoms with Gasteiger partial charge in [-0.25, -0.2) is 0 Å². The molecule has 0 aliphatic rings. The van der Waals surface area contributed by atoms with Gasteiger partial charge in [0.25, 0.3) is 0 Å². The van der Waals surface area contributed by atoms with Gasteiger partial charge in [0.05, 0.1) is 6.10 Å². The van der Waals surface area contributed by atoms with Gasteiger partial charge >= 0.3 is 0 Å². The fourth-order valence-electron chi connectivity index (χ4n) is 3.50. The van der Waals surface area contributed by atoms with Gasteiger partial charge in [0, 0.05) is 6.04 Å². The largest absolute Gasteiger partial charge is 0.387 e. The van der Waals surface area contributed by atoms with Crippen molar-refractivity contribution in [2.45, 2.75) is 45.8 Å². The molecule has 0 aromatic heterocycles. The summed E-state index contributed by atoms with van der Waals surface area (Å²) in [5.41, 5.74) is 3.57. The maximum Gasteiger partial charge on any atom is 0.0942 e. The normalized spacial score (nSPS) is 14.6. The van der Waals surface area contributed by atoms with Gasteiger partial charge in [-0.3, -0.25) is 0 Å². The Kier molecular flexibility index (Phi) is 4.86. The highest BCUT2D eigenvalue weighted by molar-refractivity contribution is 6.08. The Hall–Kier alpha value is -1.90. The molecule has 1 N–H and O–H groups in total. The third-order valence-corrected chi connectivity index (χ3v) is 5.48. The molecule has 0 saturated heterocycles. The van der Waals surface area contributed by atoms with Gasteiger partial charge < -0.3 is 10.0 Å². The summed E-state index contributed by atoms with van der Waals surface area (Å²) in [5.74, 6) is 0.524. The molecule has 2 atom stereocenters. The molecule has 2 unspecified atom stereocenters. The monoisotopic (exact) mass is 335 g/mol. The Balaban J connectivity index is 2.22. The summed E-state index contributed by atoms with van der Waals surface area (Å²) < 4.78 is 0. The first-order chi connectivity index (χ1) is 11.8. The Morgan fingerprint density at radius 3 is 2.12 bits per heavy atom. The molecule has 132 valence electrons. The van der Waals surface area contributed by atoms with Crippen molar-refractivity contribution in [1.82, 2.24) is 4.90 Å². The summed E-state index contributed by atoms with van der Waals surface area (Å²) >= 11 is 0. The first kappa shape index (κ1) is 17.9. The van der Waals surface area contributed by atoms with Crippen molar-refractivity contribution in [1.29, 1.82) is 0 Å². The van der Waals surface area contributed by atoms with Gasteiger partial charge in [-0.15, -0.1) is 0 Å². The Morgan fingerprint density at radius 1 is 0.800 bits per heavy atom. The summed E-state index contributed by atoms with van der Waals surface area (Å²) in [6.07, 6.45) is -0.497. The van der Waals surface area contributed by atoms with Gasteiger partial charge in [-0.05, 0) is 78.2 Å². The summed E-state index contributed by atoms with van der Waals surface area (Å²) in [6.45, 7) is 8.64. The number of aliphatic hydroxyl groups is 1. The summed E-state index contributed by atoms with van der Waals surface area (Å²) in [5, 5.41) is 15.8. The number of aryl methyl sites for hydroxylation is 1. The predicted molar refractivity (Wildman–Crippen MR) is 108 cm³/mol. The molecule has 0 fully saturated rings. The average Bonchev–Trinajstić information content (AvgIpc) is 2.59. The molecule has 2 heteroatoms. The van der Waals surface area contributed by atoms with E-state index in [0.717, 1.165) is 5.56 Å². The second-order valence-electron chi connectivity index (χ2n) is 7.78. The molecule has 3 rings (SSSR count). The second-order valence-corrected chi connectivity index (χ2v) is 7.78. The molecule has 0 radical (unpaired) electrons. The highest BCUT2D eigenvalue weighted by Gasteiger charge is 2.19. The van der Waals surface area contributed by atoms with Crippen LogP contribution in [0.2, 0.25) is 0 Å². The predicted octanol–water partition coefficient (Wildman–Crippen LogP) is 5.41. The smallest absolute Gasteiger partial charge is 0.0942 e. The minimum absolute atomic E-state index is 0.0689. The molecular formula is C23H29NO. The van der Waals surface area contributed by atoms with E-state index in [1.165, 1.54) is 32.7 Å². The molecule has 0 aliphatic carbocycles. The fourth-order valence-corrected chi connectivity index (χ4v) is 3.50. The third-order valence-electron chi connectivity index (χ3n) is 5.48. The summed E-state index contributed by atoms with van der Waals surface area (Å²) in [4.78, 5) is 2.06. The maximum absolute atomic E-state index is 10.8. The number of benzene rings is 3. The van der Waals surface area contributed by atoms with Crippen LogP contribution in [0.1, 0.15) is 49.5 Å². The number of nitrogens with zero attached hydrogens (tertiary/aromatic N) is 1. The molecule has 0 spiro atoms. The number of rotatable bonds is 4. The van der Waals surface area contributed by atoms with Crippen molar-refractivity contribution in [3.8, 4) is 0 Å². The van der Waals surface area contributed by atoms with E-state index >= 15 is 0 Å². The number of likely N-dealkylation sites (N-methyl/N-ethyl adjacent to an activating group) is 1. The van der Waals surface area contributed by atoms with Crippen molar-refractivity contribution < 1.29 is 5.11 Å². The Bertz CT molecular complexity index is 911. The van der Waals surface area contributed by atoms with Crippen LogP contribution >= 0.6 is 0 Å². The fraction of sp³-hybridized carbons (Fsp3) is 0.391. The minimum Gasteiger partial charge on any atom is -0.387 e. The van der Waals surface area contributed by atoms with Gasteiger partial charge in [-0.2, -0.15) is 0 Å². The lowest BCUT2D eigenvalue weighted by Crippen LogP contribution is -2.31. The molecule has 3 aromatic carbocycles.